The summed E-state index contributed by atoms with van der Waals surface area (Å²) in [5.41, 5.74) is -1.06. The number of ether oxygens (including phenoxy) is 1. The Hall–Kier alpha value is -1.90. The van der Waals surface area contributed by atoms with Crippen LogP contribution in [0.1, 0.15) is 12.6 Å². The third-order valence-corrected chi connectivity index (χ3v) is 3.30. The number of anilines is 1. The molecule has 1 aliphatic heterocycles. The van der Waals surface area contributed by atoms with Crippen LogP contribution in [0.15, 0.2) is 12.3 Å². The van der Waals surface area contributed by atoms with Crippen molar-refractivity contribution in [2.24, 2.45) is 5.92 Å². The third kappa shape index (κ3) is 3.23. The van der Waals surface area contributed by atoms with E-state index in [-0.39, 0.29) is 25.7 Å². The molecule has 1 aromatic heterocycles. The Balaban J connectivity index is 2.31. The summed E-state index contributed by atoms with van der Waals surface area (Å²) < 4.78 is 43.2. The second kappa shape index (κ2) is 5.84. The van der Waals surface area contributed by atoms with Crippen molar-refractivity contribution in [3.05, 3.63) is 18.0 Å². The highest BCUT2D eigenvalue weighted by Gasteiger charge is 2.39. The highest BCUT2D eigenvalue weighted by molar-refractivity contribution is 5.72. The van der Waals surface area contributed by atoms with Gasteiger partial charge in [0.15, 0.2) is 0 Å². The van der Waals surface area contributed by atoms with Crippen molar-refractivity contribution in [3.8, 4) is 0 Å². The molecule has 2 unspecified atom stereocenters. The summed E-state index contributed by atoms with van der Waals surface area (Å²) in [6.07, 6.45) is -3.56. The minimum atomic E-state index is -4.57. The molecule has 0 amide bonds. The molecule has 21 heavy (non-hydrogen) atoms. The van der Waals surface area contributed by atoms with Crippen LogP contribution in [-0.2, 0) is 15.7 Å². The van der Waals surface area contributed by atoms with E-state index in [1.54, 1.807) is 6.92 Å². The van der Waals surface area contributed by atoms with Crippen LogP contribution in [0.5, 0.6) is 0 Å². The minimum Gasteiger partial charge on any atom is -0.481 e. The average molecular weight is 305 g/mol. The molecule has 6 nitrogen and oxygen atoms in total. The number of alkyl halides is 3. The molecule has 0 aliphatic carbocycles. The molecule has 2 rings (SSSR count). The largest absolute Gasteiger partial charge is 0.481 e. The summed E-state index contributed by atoms with van der Waals surface area (Å²) in [4.78, 5) is 19.9. The standard InChI is InChI=1S/C12H14F3N3O3/c1-2-18(8-6-21-5-7(8)10(19)20)11-16-4-3-9(17-11)12(13,14)15/h3-4,7-8H,2,5-6H2,1H3,(H,19,20). The molecule has 0 spiro atoms. The zero-order valence-corrected chi connectivity index (χ0v) is 11.2. The van der Waals surface area contributed by atoms with Gasteiger partial charge in [0.05, 0.1) is 19.3 Å². The molecule has 1 aromatic rings. The lowest BCUT2D eigenvalue weighted by molar-refractivity contribution is -0.142. The number of carboxylic acids is 1. The van der Waals surface area contributed by atoms with Crippen LogP contribution < -0.4 is 4.90 Å². The summed E-state index contributed by atoms with van der Waals surface area (Å²) in [5, 5.41) is 9.13. The predicted molar refractivity (Wildman–Crippen MR) is 65.8 cm³/mol. The molecule has 1 saturated heterocycles. The number of nitrogens with zero attached hydrogens (tertiary/aromatic N) is 3. The normalized spacial score (nSPS) is 22.3. The second-order valence-electron chi connectivity index (χ2n) is 4.58. The van der Waals surface area contributed by atoms with Gasteiger partial charge >= 0.3 is 12.1 Å². The van der Waals surface area contributed by atoms with E-state index in [9.17, 15) is 18.0 Å². The molecular formula is C12H14F3N3O3. The van der Waals surface area contributed by atoms with Crippen LogP contribution in [0.2, 0.25) is 0 Å². The first-order valence-electron chi connectivity index (χ1n) is 6.32. The van der Waals surface area contributed by atoms with Crippen molar-refractivity contribution in [2.45, 2.75) is 19.1 Å². The SMILES string of the molecule is CCN(c1nccc(C(F)(F)F)n1)C1COCC1C(=O)O. The number of carboxylic acid groups (broad SMARTS) is 1. The number of rotatable bonds is 4. The number of aromatic nitrogens is 2. The Bertz CT molecular complexity index is 524. The maximum absolute atomic E-state index is 12.7. The number of hydrogen-bond acceptors (Lipinski definition) is 5. The van der Waals surface area contributed by atoms with Gasteiger partial charge in [0.1, 0.15) is 11.6 Å². The van der Waals surface area contributed by atoms with E-state index in [1.165, 1.54) is 4.90 Å². The van der Waals surface area contributed by atoms with E-state index < -0.39 is 29.8 Å². The van der Waals surface area contributed by atoms with Crippen molar-refractivity contribution in [2.75, 3.05) is 24.7 Å². The molecule has 1 aliphatic rings. The summed E-state index contributed by atoms with van der Waals surface area (Å²) in [6, 6.07) is 0.188. The van der Waals surface area contributed by atoms with E-state index in [4.69, 9.17) is 9.84 Å². The Morgan fingerprint density at radius 2 is 2.24 bits per heavy atom. The molecule has 9 heteroatoms. The Morgan fingerprint density at radius 3 is 2.81 bits per heavy atom. The van der Waals surface area contributed by atoms with Crippen LogP contribution in [0, 0.1) is 5.92 Å². The lowest BCUT2D eigenvalue weighted by Crippen LogP contribution is -2.44. The molecular weight excluding hydrogens is 291 g/mol. The maximum atomic E-state index is 12.7. The summed E-state index contributed by atoms with van der Waals surface area (Å²) >= 11 is 0. The van der Waals surface area contributed by atoms with Crippen LogP contribution >= 0.6 is 0 Å². The van der Waals surface area contributed by atoms with Gasteiger partial charge in [-0.15, -0.1) is 0 Å². The fraction of sp³-hybridized carbons (Fsp3) is 0.583. The lowest BCUT2D eigenvalue weighted by atomic mass is 10.0. The number of likely N-dealkylation sites (N-methyl/N-ethyl adjacent to an activating group) is 1. The van der Waals surface area contributed by atoms with Gasteiger partial charge in [0, 0.05) is 12.7 Å². The van der Waals surface area contributed by atoms with Crippen molar-refractivity contribution < 1.29 is 27.8 Å². The minimum absolute atomic E-state index is 0.0233. The third-order valence-electron chi connectivity index (χ3n) is 3.30. The van der Waals surface area contributed by atoms with E-state index in [0.29, 0.717) is 0 Å². The smallest absolute Gasteiger partial charge is 0.433 e. The van der Waals surface area contributed by atoms with Gasteiger partial charge in [-0.3, -0.25) is 4.79 Å². The first kappa shape index (κ1) is 15.5. The molecule has 1 N–H and O–H groups in total. The van der Waals surface area contributed by atoms with Gasteiger partial charge < -0.3 is 14.7 Å². The van der Waals surface area contributed by atoms with E-state index in [1.807, 2.05) is 0 Å². The van der Waals surface area contributed by atoms with Crippen molar-refractivity contribution in [1.29, 1.82) is 0 Å². The molecule has 0 bridgehead atoms. The summed E-state index contributed by atoms with van der Waals surface area (Å²) in [6.45, 7) is 2.11. The Kier molecular flexibility index (Phi) is 4.31. The highest BCUT2D eigenvalue weighted by Crippen LogP contribution is 2.29. The summed E-state index contributed by atoms with van der Waals surface area (Å²) in [7, 11) is 0. The zero-order chi connectivity index (χ0) is 15.6. The van der Waals surface area contributed by atoms with Gasteiger partial charge in [-0.1, -0.05) is 0 Å². The molecule has 2 heterocycles. The topological polar surface area (TPSA) is 75.5 Å². The van der Waals surface area contributed by atoms with Crippen LogP contribution in [0.25, 0.3) is 0 Å². The quantitative estimate of drug-likeness (QED) is 0.907. The van der Waals surface area contributed by atoms with Gasteiger partial charge in [0.2, 0.25) is 5.95 Å². The highest BCUT2D eigenvalue weighted by atomic mass is 19.4. The van der Waals surface area contributed by atoms with Crippen LogP contribution in [-0.4, -0.2) is 46.8 Å². The van der Waals surface area contributed by atoms with Crippen LogP contribution in [0.4, 0.5) is 19.1 Å². The first-order valence-corrected chi connectivity index (χ1v) is 6.32. The van der Waals surface area contributed by atoms with E-state index in [2.05, 4.69) is 9.97 Å². The van der Waals surface area contributed by atoms with Gasteiger partial charge in [-0.2, -0.15) is 13.2 Å². The molecule has 116 valence electrons. The first-order chi connectivity index (χ1) is 9.84. The zero-order valence-electron chi connectivity index (χ0n) is 11.2. The summed E-state index contributed by atoms with van der Waals surface area (Å²) in [5.74, 6) is -2.01. The van der Waals surface area contributed by atoms with E-state index >= 15 is 0 Å². The second-order valence-corrected chi connectivity index (χ2v) is 4.58. The van der Waals surface area contributed by atoms with Gasteiger partial charge in [-0.05, 0) is 13.0 Å². The van der Waals surface area contributed by atoms with Gasteiger partial charge in [-0.25, -0.2) is 9.97 Å². The monoisotopic (exact) mass is 305 g/mol. The Morgan fingerprint density at radius 1 is 1.52 bits per heavy atom. The van der Waals surface area contributed by atoms with Crippen LogP contribution in [0.3, 0.4) is 0 Å². The van der Waals surface area contributed by atoms with Gasteiger partial charge in [0.25, 0.3) is 0 Å². The molecule has 0 saturated carbocycles. The van der Waals surface area contributed by atoms with Crippen molar-refractivity contribution >= 4 is 11.9 Å². The fourth-order valence-corrected chi connectivity index (χ4v) is 2.25. The lowest BCUT2D eigenvalue weighted by Gasteiger charge is -2.29. The predicted octanol–water partition coefficient (Wildman–Crippen LogP) is 1.42. The number of hydrogen-bond donors (Lipinski definition) is 1. The fourth-order valence-electron chi connectivity index (χ4n) is 2.25. The number of halogens is 3. The average Bonchev–Trinajstić information content (AvgIpc) is 2.88. The number of aliphatic carboxylic acids is 1. The molecule has 2 atom stereocenters. The molecule has 1 fully saturated rings. The maximum Gasteiger partial charge on any atom is 0.433 e. The Labute approximate surface area is 118 Å². The van der Waals surface area contributed by atoms with E-state index in [0.717, 1.165) is 12.3 Å². The molecule has 0 aromatic carbocycles. The van der Waals surface area contributed by atoms with Crippen molar-refractivity contribution in [3.63, 3.8) is 0 Å². The molecule has 0 radical (unpaired) electrons. The number of carbonyl (C=O) groups is 1. The van der Waals surface area contributed by atoms with Crippen molar-refractivity contribution in [1.82, 2.24) is 9.97 Å².